The van der Waals surface area contributed by atoms with Crippen molar-refractivity contribution in [3.63, 3.8) is 0 Å². The Balaban J connectivity index is 1.84. The molecule has 0 aliphatic carbocycles. The molecule has 2 N–H and O–H groups in total. The Hall–Kier alpha value is -3.55. The van der Waals surface area contributed by atoms with E-state index in [1.165, 1.54) is 11.9 Å². The molecular formula is C18H18N6O2. The van der Waals surface area contributed by atoms with Gasteiger partial charge >= 0.3 is 5.69 Å². The third-order valence-corrected chi connectivity index (χ3v) is 3.81. The summed E-state index contributed by atoms with van der Waals surface area (Å²) in [6, 6.07) is 11.4. The number of nitro groups is 1. The molecule has 132 valence electrons. The molecule has 8 nitrogen and oxygen atoms in total. The average molecular weight is 350 g/mol. The molecule has 2 aromatic heterocycles. The number of hydrogen-bond donors (Lipinski definition) is 2. The predicted octanol–water partition coefficient (Wildman–Crippen LogP) is 3.70. The van der Waals surface area contributed by atoms with Gasteiger partial charge in [-0.15, -0.1) is 0 Å². The second kappa shape index (κ2) is 8.02. The highest BCUT2D eigenvalue weighted by Gasteiger charge is 2.23. The maximum absolute atomic E-state index is 11.6. The maximum Gasteiger partial charge on any atom is 0.353 e. The van der Waals surface area contributed by atoms with Crippen molar-refractivity contribution >= 4 is 23.0 Å². The molecule has 26 heavy (non-hydrogen) atoms. The summed E-state index contributed by atoms with van der Waals surface area (Å²) in [7, 11) is 0. The largest absolute Gasteiger partial charge is 0.360 e. The average Bonchev–Trinajstić information content (AvgIpc) is 2.67. The van der Waals surface area contributed by atoms with E-state index >= 15 is 0 Å². The smallest absolute Gasteiger partial charge is 0.353 e. The van der Waals surface area contributed by atoms with E-state index in [1.54, 1.807) is 18.5 Å². The number of nitrogens with one attached hydrogen (secondary N) is 2. The zero-order valence-electron chi connectivity index (χ0n) is 14.2. The van der Waals surface area contributed by atoms with Crippen LogP contribution in [0.25, 0.3) is 0 Å². The number of benzene rings is 1. The minimum absolute atomic E-state index is 0.142. The second-order valence-corrected chi connectivity index (χ2v) is 5.57. The van der Waals surface area contributed by atoms with Crippen LogP contribution in [-0.2, 0) is 13.0 Å². The maximum atomic E-state index is 11.6. The Morgan fingerprint density at radius 2 is 1.85 bits per heavy atom. The van der Waals surface area contributed by atoms with E-state index in [2.05, 4.69) is 32.5 Å². The fraction of sp³-hybridized carbons (Fsp3) is 0.167. The van der Waals surface area contributed by atoms with E-state index in [0.717, 1.165) is 17.7 Å². The van der Waals surface area contributed by atoms with Crippen molar-refractivity contribution < 1.29 is 4.92 Å². The summed E-state index contributed by atoms with van der Waals surface area (Å²) in [6.45, 7) is 2.44. The summed E-state index contributed by atoms with van der Waals surface area (Å²) in [4.78, 5) is 23.2. The number of aromatic nitrogens is 3. The monoisotopic (exact) mass is 350 g/mol. The van der Waals surface area contributed by atoms with E-state index in [4.69, 9.17) is 0 Å². The number of nitrogens with zero attached hydrogens (tertiary/aromatic N) is 4. The molecule has 0 atom stereocenters. The fourth-order valence-corrected chi connectivity index (χ4v) is 2.42. The molecule has 8 heteroatoms. The molecule has 3 rings (SSSR count). The molecule has 0 saturated carbocycles. The lowest BCUT2D eigenvalue weighted by molar-refractivity contribution is -0.383. The van der Waals surface area contributed by atoms with Gasteiger partial charge in [-0.05, 0) is 35.7 Å². The second-order valence-electron chi connectivity index (χ2n) is 5.57. The molecule has 0 aliphatic rings. The Morgan fingerprint density at radius 3 is 2.50 bits per heavy atom. The Labute approximate surface area is 150 Å². The minimum Gasteiger partial charge on any atom is -0.360 e. The molecule has 2 heterocycles. The number of rotatable bonds is 7. The number of aryl methyl sites for hydroxylation is 1. The molecule has 0 aliphatic heterocycles. The Morgan fingerprint density at radius 1 is 1.08 bits per heavy atom. The number of hydrogen-bond acceptors (Lipinski definition) is 7. The standard InChI is InChI=1S/C18H18N6O2/c1-2-13-5-7-15(8-6-13)23-18-16(24(25)26)17(21-12-22-18)20-11-14-4-3-9-19-10-14/h3-10,12H,2,11H2,1H3,(H2,20,21,22,23). The van der Waals surface area contributed by atoms with E-state index in [-0.39, 0.29) is 17.3 Å². The highest BCUT2D eigenvalue weighted by atomic mass is 16.6. The summed E-state index contributed by atoms with van der Waals surface area (Å²) in [5.41, 5.74) is 2.61. The van der Waals surface area contributed by atoms with Crippen molar-refractivity contribution in [3.8, 4) is 0 Å². The van der Waals surface area contributed by atoms with Crippen LogP contribution in [-0.4, -0.2) is 19.9 Å². The van der Waals surface area contributed by atoms with Gasteiger partial charge in [0.15, 0.2) is 0 Å². The summed E-state index contributed by atoms with van der Waals surface area (Å²) < 4.78 is 0. The SMILES string of the molecule is CCc1ccc(Nc2ncnc(NCc3cccnc3)c2[N+](=O)[O-])cc1. The van der Waals surface area contributed by atoms with Gasteiger partial charge in [-0.3, -0.25) is 15.1 Å². The van der Waals surface area contributed by atoms with Crippen LogP contribution in [0.1, 0.15) is 18.1 Å². The third-order valence-electron chi connectivity index (χ3n) is 3.81. The first-order valence-corrected chi connectivity index (χ1v) is 8.15. The van der Waals surface area contributed by atoms with E-state index in [1.807, 2.05) is 30.3 Å². The van der Waals surface area contributed by atoms with Gasteiger partial charge in [-0.1, -0.05) is 25.1 Å². The van der Waals surface area contributed by atoms with Crippen LogP contribution in [0, 0.1) is 10.1 Å². The molecule has 0 saturated heterocycles. The van der Waals surface area contributed by atoms with Crippen molar-refractivity contribution in [2.45, 2.75) is 19.9 Å². The molecule has 0 spiro atoms. The minimum atomic E-state index is -0.492. The number of pyridine rings is 1. The van der Waals surface area contributed by atoms with E-state index in [9.17, 15) is 10.1 Å². The van der Waals surface area contributed by atoms with E-state index in [0.29, 0.717) is 6.54 Å². The lowest BCUT2D eigenvalue weighted by Gasteiger charge is -2.10. The summed E-state index contributed by atoms with van der Waals surface area (Å²) >= 11 is 0. The third kappa shape index (κ3) is 4.10. The Bertz CT molecular complexity index is 884. The first-order chi connectivity index (χ1) is 12.7. The molecule has 3 aromatic rings. The van der Waals surface area contributed by atoms with Crippen molar-refractivity contribution in [2.24, 2.45) is 0 Å². The van der Waals surface area contributed by atoms with Crippen LogP contribution in [0.3, 0.4) is 0 Å². The van der Waals surface area contributed by atoms with Gasteiger partial charge < -0.3 is 10.6 Å². The van der Waals surface area contributed by atoms with Crippen LogP contribution in [0.4, 0.5) is 23.0 Å². The highest BCUT2D eigenvalue weighted by molar-refractivity contribution is 5.73. The quantitative estimate of drug-likeness (QED) is 0.494. The zero-order valence-corrected chi connectivity index (χ0v) is 14.2. The van der Waals surface area contributed by atoms with Crippen molar-refractivity contribution in [1.29, 1.82) is 0 Å². The molecule has 0 bridgehead atoms. The van der Waals surface area contributed by atoms with Crippen LogP contribution >= 0.6 is 0 Å². The molecular weight excluding hydrogens is 332 g/mol. The first kappa shape index (κ1) is 17.3. The van der Waals surface area contributed by atoms with Gasteiger partial charge in [-0.25, -0.2) is 9.97 Å². The van der Waals surface area contributed by atoms with Gasteiger partial charge in [0.25, 0.3) is 0 Å². The van der Waals surface area contributed by atoms with Crippen molar-refractivity contribution in [1.82, 2.24) is 15.0 Å². The fourth-order valence-electron chi connectivity index (χ4n) is 2.42. The lowest BCUT2D eigenvalue weighted by Crippen LogP contribution is -2.08. The van der Waals surface area contributed by atoms with Crippen LogP contribution in [0.2, 0.25) is 0 Å². The van der Waals surface area contributed by atoms with Gasteiger partial charge in [0.2, 0.25) is 11.6 Å². The molecule has 0 radical (unpaired) electrons. The summed E-state index contributed by atoms with van der Waals surface area (Å²) in [5.74, 6) is 0.296. The van der Waals surface area contributed by atoms with Gasteiger partial charge in [0.05, 0.1) is 4.92 Å². The molecule has 1 aromatic carbocycles. The van der Waals surface area contributed by atoms with Gasteiger partial charge in [0.1, 0.15) is 6.33 Å². The zero-order chi connectivity index (χ0) is 18.4. The Kier molecular flexibility index (Phi) is 5.33. The van der Waals surface area contributed by atoms with Crippen molar-refractivity contribution in [3.05, 3.63) is 76.4 Å². The molecule has 0 unspecified atom stereocenters. The van der Waals surface area contributed by atoms with Crippen LogP contribution in [0.15, 0.2) is 55.1 Å². The predicted molar refractivity (Wildman–Crippen MR) is 99.4 cm³/mol. The van der Waals surface area contributed by atoms with Gasteiger partial charge in [0, 0.05) is 24.6 Å². The normalized spacial score (nSPS) is 10.3. The van der Waals surface area contributed by atoms with Crippen LogP contribution in [0.5, 0.6) is 0 Å². The van der Waals surface area contributed by atoms with Crippen molar-refractivity contribution in [2.75, 3.05) is 10.6 Å². The summed E-state index contributed by atoms with van der Waals surface area (Å²) in [5, 5.41) is 17.6. The van der Waals surface area contributed by atoms with Gasteiger partial charge in [-0.2, -0.15) is 0 Å². The van der Waals surface area contributed by atoms with E-state index < -0.39 is 4.92 Å². The highest BCUT2D eigenvalue weighted by Crippen LogP contribution is 2.31. The molecule has 0 amide bonds. The summed E-state index contributed by atoms with van der Waals surface area (Å²) in [6.07, 6.45) is 5.58. The molecule has 0 fully saturated rings. The lowest BCUT2D eigenvalue weighted by atomic mass is 10.1. The number of anilines is 3. The van der Waals surface area contributed by atoms with Crippen LogP contribution < -0.4 is 10.6 Å². The first-order valence-electron chi connectivity index (χ1n) is 8.15. The topological polar surface area (TPSA) is 106 Å².